The average molecular weight is 515 g/mol. The second kappa shape index (κ2) is 11.7. The van der Waals surface area contributed by atoms with E-state index in [0.29, 0.717) is 56.9 Å². The Morgan fingerprint density at radius 1 is 0.579 bits per heavy atom. The van der Waals surface area contributed by atoms with Gasteiger partial charge in [-0.3, -0.25) is 19.6 Å². The van der Waals surface area contributed by atoms with Gasteiger partial charge in [0.1, 0.15) is 11.4 Å². The summed E-state index contributed by atoms with van der Waals surface area (Å²) in [6.07, 6.45) is 3.16. The van der Waals surface area contributed by atoms with Gasteiger partial charge in [0, 0.05) is 23.5 Å². The van der Waals surface area contributed by atoms with E-state index in [4.69, 9.17) is 18.9 Å². The van der Waals surface area contributed by atoms with Gasteiger partial charge >= 0.3 is 0 Å². The Hall–Kier alpha value is -5.12. The molecule has 0 aliphatic heterocycles. The zero-order valence-electron chi connectivity index (χ0n) is 21.3. The Balaban J connectivity index is 1.63. The maximum absolute atomic E-state index is 13.1. The monoisotopic (exact) mass is 514 g/mol. The predicted octanol–water partition coefficient (Wildman–Crippen LogP) is 4.68. The Kier molecular flexibility index (Phi) is 8.02. The molecule has 0 unspecified atom stereocenters. The number of carbonyl (C=O) groups is 2. The van der Waals surface area contributed by atoms with Crippen LogP contribution in [0.2, 0.25) is 0 Å². The SMILES string of the molecule is COc1ccc(C(=O)Nc2cccnc2-c2ncccc2NC(=O)c2ccc(OC)c(OC)c2)cc1OC. The third-order valence-electron chi connectivity index (χ3n) is 5.63. The number of amides is 2. The van der Waals surface area contributed by atoms with Gasteiger partial charge in [-0.1, -0.05) is 0 Å². The van der Waals surface area contributed by atoms with E-state index in [9.17, 15) is 9.59 Å². The number of nitrogens with zero attached hydrogens (tertiary/aromatic N) is 2. The number of rotatable bonds is 9. The molecule has 0 spiro atoms. The van der Waals surface area contributed by atoms with Gasteiger partial charge in [-0.15, -0.1) is 0 Å². The van der Waals surface area contributed by atoms with Crippen molar-refractivity contribution in [2.45, 2.75) is 0 Å². The molecule has 4 aromatic rings. The van der Waals surface area contributed by atoms with Crippen molar-refractivity contribution in [2.24, 2.45) is 0 Å². The number of anilines is 2. The number of ether oxygens (including phenoxy) is 4. The van der Waals surface area contributed by atoms with Gasteiger partial charge in [0.05, 0.1) is 39.8 Å². The Morgan fingerprint density at radius 2 is 0.974 bits per heavy atom. The lowest BCUT2D eigenvalue weighted by atomic mass is 10.1. The third-order valence-corrected chi connectivity index (χ3v) is 5.63. The molecule has 0 fully saturated rings. The van der Waals surface area contributed by atoms with Crippen molar-refractivity contribution < 1.29 is 28.5 Å². The van der Waals surface area contributed by atoms with E-state index in [1.807, 2.05) is 0 Å². The van der Waals surface area contributed by atoms with Gasteiger partial charge in [0.15, 0.2) is 23.0 Å². The van der Waals surface area contributed by atoms with Crippen molar-refractivity contribution in [3.63, 3.8) is 0 Å². The fourth-order valence-electron chi connectivity index (χ4n) is 3.73. The van der Waals surface area contributed by atoms with E-state index in [-0.39, 0.29) is 11.8 Å². The van der Waals surface area contributed by atoms with Crippen LogP contribution in [-0.4, -0.2) is 50.2 Å². The number of methoxy groups -OCH3 is 4. The molecule has 2 heterocycles. The van der Waals surface area contributed by atoms with Crippen molar-refractivity contribution in [3.8, 4) is 34.4 Å². The molecule has 0 saturated heterocycles. The Bertz CT molecular complexity index is 1360. The van der Waals surface area contributed by atoms with Crippen LogP contribution in [0, 0.1) is 0 Å². The second-order valence-corrected chi connectivity index (χ2v) is 7.85. The maximum atomic E-state index is 13.1. The largest absolute Gasteiger partial charge is 0.493 e. The summed E-state index contributed by atoms with van der Waals surface area (Å²) in [5.41, 5.74) is 2.30. The molecule has 0 aliphatic rings. The van der Waals surface area contributed by atoms with Crippen LogP contribution in [0.25, 0.3) is 11.4 Å². The van der Waals surface area contributed by atoms with E-state index < -0.39 is 0 Å². The fraction of sp³-hybridized carbons (Fsp3) is 0.143. The maximum Gasteiger partial charge on any atom is 0.255 e. The summed E-state index contributed by atoms with van der Waals surface area (Å²) in [6.45, 7) is 0. The highest BCUT2D eigenvalue weighted by Gasteiger charge is 2.19. The number of benzene rings is 2. The zero-order valence-corrected chi connectivity index (χ0v) is 21.3. The number of carbonyl (C=O) groups excluding carboxylic acids is 2. The summed E-state index contributed by atoms with van der Waals surface area (Å²) < 4.78 is 21.1. The summed E-state index contributed by atoms with van der Waals surface area (Å²) in [6, 6.07) is 16.5. The van der Waals surface area contributed by atoms with Crippen LogP contribution in [0.4, 0.5) is 11.4 Å². The molecule has 0 aliphatic carbocycles. The Labute approximate surface area is 219 Å². The van der Waals surface area contributed by atoms with Gasteiger partial charge in [-0.05, 0) is 60.7 Å². The van der Waals surface area contributed by atoms with E-state index >= 15 is 0 Å². The van der Waals surface area contributed by atoms with Crippen LogP contribution in [0.5, 0.6) is 23.0 Å². The molecule has 10 heteroatoms. The van der Waals surface area contributed by atoms with Crippen LogP contribution < -0.4 is 29.6 Å². The first kappa shape index (κ1) is 26.0. The van der Waals surface area contributed by atoms with Gasteiger partial charge < -0.3 is 29.6 Å². The number of aromatic nitrogens is 2. The first-order valence-corrected chi connectivity index (χ1v) is 11.5. The molecule has 2 amide bonds. The lowest BCUT2D eigenvalue weighted by molar-refractivity contribution is 0.101. The third kappa shape index (κ3) is 5.49. The number of nitrogens with one attached hydrogen (secondary N) is 2. The van der Waals surface area contributed by atoms with Crippen molar-refractivity contribution in [1.82, 2.24) is 9.97 Å². The van der Waals surface area contributed by atoms with E-state index in [2.05, 4.69) is 20.6 Å². The fourth-order valence-corrected chi connectivity index (χ4v) is 3.73. The lowest BCUT2D eigenvalue weighted by Gasteiger charge is -2.15. The van der Waals surface area contributed by atoms with E-state index in [0.717, 1.165) is 0 Å². The molecule has 0 saturated carbocycles. The standard InChI is InChI=1S/C28H26N4O6/c1-35-21-11-9-17(15-23(21)37-3)27(33)31-19-7-5-13-29-25(19)26-20(8-6-14-30-26)32-28(34)18-10-12-22(36-2)24(16-18)38-4/h5-16H,1-4H3,(H,31,33)(H,32,34). The van der Waals surface area contributed by atoms with E-state index in [1.54, 1.807) is 73.1 Å². The van der Waals surface area contributed by atoms with Crippen LogP contribution in [0.15, 0.2) is 73.1 Å². The van der Waals surface area contributed by atoms with E-state index in [1.165, 1.54) is 28.4 Å². The molecule has 4 rings (SSSR count). The first-order valence-electron chi connectivity index (χ1n) is 11.5. The molecule has 2 N–H and O–H groups in total. The first-order chi connectivity index (χ1) is 18.5. The molecular weight excluding hydrogens is 488 g/mol. The highest BCUT2D eigenvalue weighted by molar-refractivity contribution is 6.08. The highest BCUT2D eigenvalue weighted by Crippen LogP contribution is 2.32. The van der Waals surface area contributed by atoms with Crippen LogP contribution >= 0.6 is 0 Å². The number of hydrogen-bond donors (Lipinski definition) is 2. The molecular formula is C28H26N4O6. The zero-order chi connectivity index (χ0) is 27.1. The van der Waals surface area contributed by atoms with Crippen LogP contribution in [-0.2, 0) is 0 Å². The number of pyridine rings is 2. The summed E-state index contributed by atoms with van der Waals surface area (Å²) in [5, 5.41) is 5.75. The van der Waals surface area contributed by atoms with Gasteiger partial charge in [-0.25, -0.2) is 0 Å². The summed E-state index contributed by atoms with van der Waals surface area (Å²) in [5.74, 6) is 1.11. The van der Waals surface area contributed by atoms with Crippen molar-refractivity contribution in [3.05, 3.63) is 84.2 Å². The summed E-state index contributed by atoms with van der Waals surface area (Å²) in [4.78, 5) is 35.0. The minimum Gasteiger partial charge on any atom is -0.493 e. The topological polar surface area (TPSA) is 121 Å². The minimum absolute atomic E-state index is 0.362. The van der Waals surface area contributed by atoms with Crippen molar-refractivity contribution >= 4 is 23.2 Å². The van der Waals surface area contributed by atoms with Crippen LogP contribution in [0.3, 0.4) is 0 Å². The van der Waals surface area contributed by atoms with Crippen LogP contribution in [0.1, 0.15) is 20.7 Å². The number of hydrogen-bond acceptors (Lipinski definition) is 8. The summed E-state index contributed by atoms with van der Waals surface area (Å²) >= 11 is 0. The van der Waals surface area contributed by atoms with Gasteiger partial charge in [0.25, 0.3) is 11.8 Å². The minimum atomic E-state index is -0.382. The average Bonchev–Trinajstić information content (AvgIpc) is 2.96. The molecule has 2 aromatic carbocycles. The molecule has 10 nitrogen and oxygen atoms in total. The predicted molar refractivity (Wildman–Crippen MR) is 142 cm³/mol. The molecule has 38 heavy (non-hydrogen) atoms. The van der Waals surface area contributed by atoms with Gasteiger partial charge in [-0.2, -0.15) is 0 Å². The molecule has 0 atom stereocenters. The molecule has 194 valence electrons. The molecule has 0 bridgehead atoms. The molecule has 0 radical (unpaired) electrons. The van der Waals surface area contributed by atoms with Gasteiger partial charge in [0.2, 0.25) is 0 Å². The van der Waals surface area contributed by atoms with Crippen molar-refractivity contribution in [2.75, 3.05) is 39.1 Å². The normalized spacial score (nSPS) is 10.3. The quantitative estimate of drug-likeness (QED) is 0.330. The second-order valence-electron chi connectivity index (χ2n) is 7.85. The Morgan fingerprint density at radius 3 is 1.34 bits per heavy atom. The summed E-state index contributed by atoms with van der Waals surface area (Å²) in [7, 11) is 6.04. The smallest absolute Gasteiger partial charge is 0.255 e. The lowest BCUT2D eigenvalue weighted by Crippen LogP contribution is -2.15. The van der Waals surface area contributed by atoms with Crippen molar-refractivity contribution in [1.29, 1.82) is 0 Å². The highest BCUT2D eigenvalue weighted by atomic mass is 16.5. The molecule has 2 aromatic heterocycles.